The topological polar surface area (TPSA) is 134 Å². The fraction of sp³-hybridized carbons (Fsp3) is 0.241. The van der Waals surface area contributed by atoms with Crippen molar-refractivity contribution in [1.29, 1.82) is 0 Å². The number of benzene rings is 3. The van der Waals surface area contributed by atoms with Crippen LogP contribution in [-0.4, -0.2) is 46.9 Å². The summed E-state index contributed by atoms with van der Waals surface area (Å²) in [5.74, 6) is -2.10. The van der Waals surface area contributed by atoms with Gasteiger partial charge < -0.3 is 25.8 Å². The molecule has 0 aliphatic carbocycles. The number of hydrogen-bond acceptors (Lipinski definition) is 5. The molecule has 4 N–H and O–H groups in total. The molecule has 3 amide bonds. The van der Waals surface area contributed by atoms with Crippen LogP contribution < -0.4 is 20.7 Å². The first-order valence-corrected chi connectivity index (χ1v) is 12.3. The Kier molecular flexibility index (Phi) is 8.71. The molecule has 0 unspecified atom stereocenters. The quantitative estimate of drug-likeness (QED) is 0.309. The highest BCUT2D eigenvalue weighted by Crippen LogP contribution is 2.16. The van der Waals surface area contributed by atoms with Crippen molar-refractivity contribution < 1.29 is 29.0 Å². The van der Waals surface area contributed by atoms with Crippen LogP contribution in [0, 0.1) is 0 Å². The number of carboxylic acids is 1. The molecule has 4 rings (SSSR count). The number of hydrogen-bond donors (Lipinski definition) is 4. The van der Waals surface area contributed by atoms with E-state index in [4.69, 9.17) is 4.74 Å². The van der Waals surface area contributed by atoms with Crippen molar-refractivity contribution in [3.8, 4) is 5.75 Å². The van der Waals surface area contributed by atoms with Crippen LogP contribution in [0.1, 0.15) is 23.1 Å². The summed E-state index contributed by atoms with van der Waals surface area (Å²) in [6.07, 6.45) is 0.00257. The average molecular weight is 516 g/mol. The van der Waals surface area contributed by atoms with Crippen LogP contribution in [0.4, 0.5) is 0 Å². The molecule has 1 aliphatic rings. The first-order valence-electron chi connectivity index (χ1n) is 12.3. The summed E-state index contributed by atoms with van der Waals surface area (Å²) < 4.78 is 5.75. The van der Waals surface area contributed by atoms with Crippen molar-refractivity contribution in [2.75, 3.05) is 0 Å². The third kappa shape index (κ3) is 7.42. The molecule has 3 aromatic rings. The summed E-state index contributed by atoms with van der Waals surface area (Å²) in [7, 11) is 0. The predicted octanol–water partition coefficient (Wildman–Crippen LogP) is 1.99. The van der Waals surface area contributed by atoms with Crippen molar-refractivity contribution >= 4 is 23.7 Å². The van der Waals surface area contributed by atoms with Crippen LogP contribution in [0.2, 0.25) is 0 Å². The summed E-state index contributed by atoms with van der Waals surface area (Å²) in [5, 5.41) is 17.3. The lowest BCUT2D eigenvalue weighted by atomic mass is 10.0. The summed E-state index contributed by atoms with van der Waals surface area (Å²) in [4.78, 5) is 49.4. The van der Waals surface area contributed by atoms with Gasteiger partial charge in [0.05, 0.1) is 6.42 Å². The van der Waals surface area contributed by atoms with Crippen molar-refractivity contribution in [3.05, 3.63) is 102 Å². The van der Waals surface area contributed by atoms with Gasteiger partial charge in [0.15, 0.2) is 0 Å². The van der Waals surface area contributed by atoms with Gasteiger partial charge in [-0.2, -0.15) is 0 Å². The second-order valence-corrected chi connectivity index (χ2v) is 9.10. The van der Waals surface area contributed by atoms with Gasteiger partial charge >= 0.3 is 5.97 Å². The monoisotopic (exact) mass is 515 g/mol. The van der Waals surface area contributed by atoms with Crippen molar-refractivity contribution in [1.82, 2.24) is 16.0 Å². The zero-order valence-electron chi connectivity index (χ0n) is 20.6. The SMILES string of the molecule is O=C(C[C@@H]1NC(=O)[C@H](Cc2ccccc2)NC1=O)N[C@H](Cc1ccc(OCc2ccccc2)cc1)C(=O)O. The second-order valence-electron chi connectivity index (χ2n) is 9.10. The van der Waals surface area contributed by atoms with Gasteiger partial charge in [-0.25, -0.2) is 4.79 Å². The van der Waals surface area contributed by atoms with Crippen molar-refractivity contribution in [2.45, 2.75) is 44.0 Å². The minimum atomic E-state index is -1.21. The van der Waals surface area contributed by atoms with E-state index in [9.17, 15) is 24.3 Å². The molecule has 0 aromatic heterocycles. The van der Waals surface area contributed by atoms with Crippen LogP contribution in [0.5, 0.6) is 5.75 Å². The van der Waals surface area contributed by atoms with Crippen LogP contribution in [0.25, 0.3) is 0 Å². The van der Waals surface area contributed by atoms with Crippen LogP contribution >= 0.6 is 0 Å². The zero-order chi connectivity index (χ0) is 26.9. The fourth-order valence-electron chi connectivity index (χ4n) is 4.15. The maximum absolute atomic E-state index is 12.6. The number of carbonyl (C=O) groups excluding carboxylic acids is 3. The van der Waals surface area contributed by atoms with Gasteiger partial charge in [0.25, 0.3) is 0 Å². The number of ether oxygens (including phenoxy) is 1. The molecule has 196 valence electrons. The Morgan fingerprint density at radius 1 is 0.789 bits per heavy atom. The molecular formula is C29H29N3O6. The van der Waals surface area contributed by atoms with Crippen LogP contribution in [0.15, 0.2) is 84.9 Å². The third-order valence-corrected chi connectivity index (χ3v) is 6.18. The third-order valence-electron chi connectivity index (χ3n) is 6.18. The van der Waals surface area contributed by atoms with E-state index in [0.29, 0.717) is 24.3 Å². The van der Waals surface area contributed by atoms with Gasteiger partial charge in [-0.1, -0.05) is 72.8 Å². The lowest BCUT2D eigenvalue weighted by Crippen LogP contribution is -2.63. The normalized spacial score (nSPS) is 17.6. The van der Waals surface area contributed by atoms with E-state index in [1.165, 1.54) is 0 Å². The molecule has 1 heterocycles. The Balaban J connectivity index is 1.27. The average Bonchev–Trinajstić information content (AvgIpc) is 2.92. The lowest BCUT2D eigenvalue weighted by Gasteiger charge is -2.29. The zero-order valence-corrected chi connectivity index (χ0v) is 20.6. The van der Waals surface area contributed by atoms with Gasteiger partial charge in [0, 0.05) is 12.8 Å². The molecule has 3 atom stereocenters. The number of carbonyl (C=O) groups is 4. The van der Waals surface area contributed by atoms with E-state index in [-0.39, 0.29) is 12.8 Å². The van der Waals surface area contributed by atoms with E-state index in [2.05, 4.69) is 16.0 Å². The number of rotatable bonds is 11. The standard InChI is InChI=1S/C29H29N3O6/c33-26(17-24-28(35)31-23(27(34)32-24)15-19-7-3-1-4-8-19)30-25(29(36)37)16-20-11-13-22(14-12-20)38-18-21-9-5-2-6-10-21/h1-14,23-25H,15-18H2,(H,30,33)(H,31,35)(H,32,34)(H,36,37)/t23-,24-,25+/m0/s1. The van der Waals surface area contributed by atoms with Gasteiger partial charge in [-0.3, -0.25) is 14.4 Å². The van der Waals surface area contributed by atoms with Gasteiger partial charge in [0.2, 0.25) is 17.7 Å². The molecule has 38 heavy (non-hydrogen) atoms. The number of nitrogens with one attached hydrogen (secondary N) is 3. The molecule has 1 saturated heterocycles. The largest absolute Gasteiger partial charge is 0.489 e. The minimum absolute atomic E-state index is 0.0441. The molecule has 0 bridgehead atoms. The Morgan fingerprint density at radius 2 is 1.37 bits per heavy atom. The van der Waals surface area contributed by atoms with E-state index < -0.39 is 41.8 Å². The number of aliphatic carboxylic acids is 1. The number of piperazine rings is 1. The molecule has 0 spiro atoms. The Hall–Kier alpha value is -4.66. The Bertz CT molecular complexity index is 1260. The molecule has 0 saturated carbocycles. The first kappa shape index (κ1) is 26.4. The first-order chi connectivity index (χ1) is 18.4. The number of amides is 3. The summed E-state index contributed by atoms with van der Waals surface area (Å²) >= 11 is 0. The van der Waals surface area contributed by atoms with E-state index in [0.717, 1.165) is 11.1 Å². The molecule has 3 aromatic carbocycles. The van der Waals surface area contributed by atoms with Crippen LogP contribution in [0.3, 0.4) is 0 Å². The summed E-state index contributed by atoms with van der Waals surface area (Å²) in [5.41, 5.74) is 2.61. The Morgan fingerprint density at radius 3 is 2.00 bits per heavy atom. The highest BCUT2D eigenvalue weighted by Gasteiger charge is 2.35. The smallest absolute Gasteiger partial charge is 0.326 e. The molecule has 1 aliphatic heterocycles. The molecule has 9 heteroatoms. The molecule has 0 radical (unpaired) electrons. The number of carboxylic acid groups (broad SMARTS) is 1. The van der Waals surface area contributed by atoms with E-state index >= 15 is 0 Å². The molecular weight excluding hydrogens is 486 g/mol. The molecule has 1 fully saturated rings. The fourth-order valence-corrected chi connectivity index (χ4v) is 4.15. The van der Waals surface area contributed by atoms with Gasteiger partial charge in [0.1, 0.15) is 30.5 Å². The minimum Gasteiger partial charge on any atom is -0.489 e. The summed E-state index contributed by atoms with van der Waals surface area (Å²) in [6, 6.07) is 22.9. The predicted molar refractivity (Wildman–Crippen MR) is 139 cm³/mol. The van der Waals surface area contributed by atoms with Gasteiger partial charge in [-0.15, -0.1) is 0 Å². The van der Waals surface area contributed by atoms with Crippen LogP contribution in [-0.2, 0) is 38.6 Å². The maximum Gasteiger partial charge on any atom is 0.326 e. The van der Waals surface area contributed by atoms with E-state index in [1.54, 1.807) is 24.3 Å². The highest BCUT2D eigenvalue weighted by atomic mass is 16.5. The second kappa shape index (κ2) is 12.5. The van der Waals surface area contributed by atoms with Crippen molar-refractivity contribution in [3.63, 3.8) is 0 Å². The van der Waals surface area contributed by atoms with E-state index in [1.807, 2.05) is 60.7 Å². The summed E-state index contributed by atoms with van der Waals surface area (Å²) in [6.45, 7) is 0.409. The Labute approximate surface area is 220 Å². The maximum atomic E-state index is 12.6. The lowest BCUT2D eigenvalue weighted by molar-refractivity contribution is -0.142. The molecule has 9 nitrogen and oxygen atoms in total. The highest BCUT2D eigenvalue weighted by molar-refractivity contribution is 5.99. The van der Waals surface area contributed by atoms with Crippen molar-refractivity contribution in [2.24, 2.45) is 0 Å². The van der Waals surface area contributed by atoms with Gasteiger partial charge in [-0.05, 0) is 28.8 Å².